The summed E-state index contributed by atoms with van der Waals surface area (Å²) in [5.41, 5.74) is 0. The number of hydrogen-bond donors (Lipinski definition) is 0. The van der Waals surface area contributed by atoms with Crippen LogP contribution in [-0.4, -0.2) is 13.1 Å². The third-order valence-electron chi connectivity index (χ3n) is 0.447. The number of rotatable bonds is 2. The Morgan fingerprint density at radius 2 is 1.50 bits per heavy atom. The monoisotopic (exact) mass is 161 g/mol. The van der Waals surface area contributed by atoms with Crippen LogP contribution >= 0.6 is 0 Å². The van der Waals surface area contributed by atoms with Gasteiger partial charge in [-0.15, -0.1) is 0 Å². The third kappa shape index (κ3) is 8.91. The van der Waals surface area contributed by atoms with E-state index >= 15 is 0 Å². The number of nitrogens with zero attached hydrogens (tertiary/aromatic N) is 1. The van der Waals surface area contributed by atoms with E-state index in [4.69, 9.17) is 0 Å². The summed E-state index contributed by atoms with van der Waals surface area (Å²) in [5.74, 6) is 0. The fourth-order valence-electron chi connectivity index (χ4n) is 0.224. The van der Waals surface area contributed by atoms with Gasteiger partial charge < -0.3 is 5.32 Å². The van der Waals surface area contributed by atoms with Crippen molar-refractivity contribution in [3.63, 3.8) is 0 Å². The van der Waals surface area contributed by atoms with Crippen molar-refractivity contribution >= 4 is 0 Å². The summed E-state index contributed by atoms with van der Waals surface area (Å²) in [7, 11) is 0. The SMILES string of the molecule is CC[N-]CC.[Y]. The molecule has 0 unspecified atom stereocenters. The first-order valence-corrected chi connectivity index (χ1v) is 2.05. The molecular weight excluding hydrogens is 151 g/mol. The topological polar surface area (TPSA) is 14.1 Å². The largest absolute Gasteiger partial charge is 0.663 e. The van der Waals surface area contributed by atoms with Crippen LogP contribution in [0, 0.1) is 0 Å². The van der Waals surface area contributed by atoms with Gasteiger partial charge in [0.05, 0.1) is 0 Å². The molecule has 0 saturated heterocycles. The Kier molecular flexibility index (Phi) is 15.9. The normalized spacial score (nSPS) is 7.00. The first-order chi connectivity index (χ1) is 2.41. The minimum atomic E-state index is 0. The molecular formula is C4H10NY-. The van der Waals surface area contributed by atoms with Gasteiger partial charge in [0.15, 0.2) is 0 Å². The number of hydrogen-bond acceptors (Lipinski definition) is 0. The van der Waals surface area contributed by atoms with Gasteiger partial charge in [0.25, 0.3) is 0 Å². The van der Waals surface area contributed by atoms with Crippen LogP contribution in [0.5, 0.6) is 0 Å². The molecule has 6 heavy (non-hydrogen) atoms. The van der Waals surface area contributed by atoms with E-state index in [-0.39, 0.29) is 32.7 Å². The molecule has 1 nitrogen and oxygen atoms in total. The molecule has 0 fully saturated rings. The molecule has 35 valence electrons. The van der Waals surface area contributed by atoms with E-state index in [1.54, 1.807) is 0 Å². The maximum Gasteiger partial charge on any atom is 0 e. The fourth-order valence-corrected chi connectivity index (χ4v) is 0.224. The van der Waals surface area contributed by atoms with E-state index in [1.807, 2.05) is 13.8 Å². The molecule has 0 bridgehead atoms. The maximum absolute atomic E-state index is 3.97. The molecule has 0 aromatic carbocycles. The second kappa shape index (κ2) is 9.42. The summed E-state index contributed by atoms with van der Waals surface area (Å²) >= 11 is 0. The van der Waals surface area contributed by atoms with E-state index in [2.05, 4.69) is 5.32 Å². The fraction of sp³-hybridized carbons (Fsp3) is 1.00. The van der Waals surface area contributed by atoms with E-state index < -0.39 is 0 Å². The van der Waals surface area contributed by atoms with Gasteiger partial charge in [0, 0.05) is 32.7 Å². The minimum absolute atomic E-state index is 0. The van der Waals surface area contributed by atoms with Crippen LogP contribution in [0.15, 0.2) is 0 Å². The van der Waals surface area contributed by atoms with Crippen molar-refractivity contribution in [2.75, 3.05) is 13.1 Å². The first kappa shape index (κ1) is 10.1. The molecule has 0 aliphatic carbocycles. The summed E-state index contributed by atoms with van der Waals surface area (Å²) in [6.45, 7) is 6.03. The molecule has 0 spiro atoms. The van der Waals surface area contributed by atoms with Gasteiger partial charge >= 0.3 is 0 Å². The molecule has 2 heteroatoms. The van der Waals surface area contributed by atoms with Crippen molar-refractivity contribution in [1.29, 1.82) is 0 Å². The summed E-state index contributed by atoms with van der Waals surface area (Å²) in [5, 5.41) is 3.97. The Morgan fingerprint density at radius 1 is 1.17 bits per heavy atom. The molecule has 0 saturated carbocycles. The summed E-state index contributed by atoms with van der Waals surface area (Å²) < 4.78 is 0. The van der Waals surface area contributed by atoms with E-state index in [0.717, 1.165) is 13.1 Å². The zero-order valence-corrected chi connectivity index (χ0v) is 7.28. The second-order valence-corrected chi connectivity index (χ2v) is 0.856. The average molecular weight is 161 g/mol. The predicted octanol–water partition coefficient (Wildman–Crippen LogP) is 1.40. The van der Waals surface area contributed by atoms with E-state index in [0.29, 0.717) is 0 Å². The van der Waals surface area contributed by atoms with Crippen molar-refractivity contribution < 1.29 is 32.7 Å². The van der Waals surface area contributed by atoms with Crippen molar-refractivity contribution in [2.45, 2.75) is 13.8 Å². The third-order valence-corrected chi connectivity index (χ3v) is 0.447. The van der Waals surface area contributed by atoms with Gasteiger partial charge in [-0.25, -0.2) is 0 Å². The standard InChI is InChI=1S/C4H10N.Y/c1-3-5-4-2;/h3-4H2,1-2H3;/q-1;. The van der Waals surface area contributed by atoms with Crippen LogP contribution in [0.3, 0.4) is 0 Å². The van der Waals surface area contributed by atoms with Crippen LogP contribution in [-0.2, 0) is 32.7 Å². The molecule has 0 N–H and O–H groups in total. The molecule has 0 heterocycles. The van der Waals surface area contributed by atoms with Crippen molar-refractivity contribution in [3.8, 4) is 0 Å². The van der Waals surface area contributed by atoms with Crippen LogP contribution in [0.2, 0.25) is 0 Å². The molecule has 0 aliphatic heterocycles. The Hall–Kier alpha value is 1.06. The summed E-state index contributed by atoms with van der Waals surface area (Å²) in [6.07, 6.45) is 0. The van der Waals surface area contributed by atoms with E-state index in [1.165, 1.54) is 0 Å². The van der Waals surface area contributed by atoms with Gasteiger partial charge in [-0.3, -0.25) is 0 Å². The smallest absolute Gasteiger partial charge is 0 e. The second-order valence-electron chi connectivity index (χ2n) is 0.856. The van der Waals surface area contributed by atoms with Gasteiger partial charge in [0.2, 0.25) is 0 Å². The Bertz CT molecular complexity index is 15.0. The molecule has 0 atom stereocenters. The Morgan fingerprint density at radius 3 is 1.50 bits per heavy atom. The summed E-state index contributed by atoms with van der Waals surface area (Å²) in [6, 6.07) is 0. The van der Waals surface area contributed by atoms with Gasteiger partial charge in [-0.1, -0.05) is 13.8 Å². The molecule has 0 aromatic rings. The average Bonchev–Trinajstić information content (AvgIpc) is 1.41. The van der Waals surface area contributed by atoms with Gasteiger partial charge in [-0.2, -0.15) is 13.1 Å². The van der Waals surface area contributed by atoms with Crippen LogP contribution < -0.4 is 0 Å². The van der Waals surface area contributed by atoms with Crippen molar-refractivity contribution in [2.24, 2.45) is 0 Å². The maximum atomic E-state index is 3.97. The van der Waals surface area contributed by atoms with Crippen molar-refractivity contribution in [1.82, 2.24) is 0 Å². The Balaban J connectivity index is 0. The molecule has 0 aromatic heterocycles. The minimum Gasteiger partial charge on any atom is -0.663 e. The van der Waals surface area contributed by atoms with Crippen molar-refractivity contribution in [3.05, 3.63) is 5.32 Å². The zero-order chi connectivity index (χ0) is 4.12. The van der Waals surface area contributed by atoms with Crippen LogP contribution in [0.1, 0.15) is 13.8 Å². The van der Waals surface area contributed by atoms with Gasteiger partial charge in [0.1, 0.15) is 0 Å². The van der Waals surface area contributed by atoms with Crippen LogP contribution in [0.25, 0.3) is 5.32 Å². The molecule has 0 amide bonds. The summed E-state index contributed by atoms with van der Waals surface area (Å²) in [4.78, 5) is 0. The Labute approximate surface area is 64.8 Å². The zero-order valence-electron chi connectivity index (χ0n) is 4.44. The molecule has 0 aliphatic rings. The molecule has 0 rings (SSSR count). The van der Waals surface area contributed by atoms with Crippen LogP contribution in [0.4, 0.5) is 0 Å². The quantitative estimate of drug-likeness (QED) is 0.581. The van der Waals surface area contributed by atoms with E-state index in [9.17, 15) is 0 Å². The molecule has 1 radical (unpaired) electrons. The predicted molar refractivity (Wildman–Crippen MR) is 24.4 cm³/mol. The first-order valence-electron chi connectivity index (χ1n) is 2.05. The van der Waals surface area contributed by atoms with Gasteiger partial charge in [-0.05, 0) is 0 Å².